The van der Waals surface area contributed by atoms with Crippen LogP contribution in [0.3, 0.4) is 0 Å². The van der Waals surface area contributed by atoms with Crippen molar-refractivity contribution < 1.29 is 13.2 Å². The van der Waals surface area contributed by atoms with Crippen molar-refractivity contribution in [2.24, 2.45) is 0 Å². The van der Waals surface area contributed by atoms with E-state index in [0.29, 0.717) is 11.6 Å². The summed E-state index contributed by atoms with van der Waals surface area (Å²) in [6, 6.07) is 5.09. The molecule has 1 aromatic carbocycles. The average Bonchev–Trinajstić information content (AvgIpc) is 2.60. The number of amides is 1. The van der Waals surface area contributed by atoms with Crippen molar-refractivity contribution in [1.29, 1.82) is 0 Å². The smallest absolute Gasteiger partial charge is 0.253 e. The monoisotopic (exact) mass is 401 g/mol. The molecule has 0 aliphatic carbocycles. The summed E-state index contributed by atoms with van der Waals surface area (Å²) in [6.07, 6.45) is 1.83. The van der Waals surface area contributed by atoms with E-state index in [9.17, 15) is 13.2 Å². The van der Waals surface area contributed by atoms with Gasteiger partial charge in [0.2, 0.25) is 10.0 Å². The molecule has 1 aliphatic heterocycles. The van der Waals surface area contributed by atoms with E-state index in [2.05, 4.69) is 18.7 Å². The Bertz CT molecular complexity index is 757. The van der Waals surface area contributed by atoms with Crippen molar-refractivity contribution in [2.45, 2.75) is 43.7 Å². The maximum absolute atomic E-state index is 12.9. The Morgan fingerprint density at radius 3 is 2.27 bits per heavy atom. The van der Waals surface area contributed by atoms with E-state index >= 15 is 0 Å². The standard InChI is InChI=1S/C18H28ClN3O3S/c1-13(2)22-10-8-15(9-11-22)21(5)18(23)14-6-7-16(19)17(12-14)26(24,25)20(3)4/h6-7,12-13,15H,8-11H2,1-5H3. The number of benzene rings is 1. The molecule has 6 nitrogen and oxygen atoms in total. The molecule has 1 amide bonds. The predicted octanol–water partition coefficient (Wildman–Crippen LogP) is 2.54. The Hall–Kier alpha value is -1.15. The van der Waals surface area contributed by atoms with Crippen molar-refractivity contribution in [1.82, 2.24) is 14.1 Å². The molecule has 0 spiro atoms. The summed E-state index contributed by atoms with van der Waals surface area (Å²) in [7, 11) is 0.956. The minimum atomic E-state index is -3.71. The van der Waals surface area contributed by atoms with Crippen LogP contribution in [0.4, 0.5) is 0 Å². The van der Waals surface area contributed by atoms with Gasteiger partial charge >= 0.3 is 0 Å². The lowest BCUT2D eigenvalue weighted by Gasteiger charge is -2.38. The fraction of sp³-hybridized carbons (Fsp3) is 0.611. The van der Waals surface area contributed by atoms with Gasteiger partial charge in [-0.15, -0.1) is 0 Å². The number of nitrogens with zero attached hydrogens (tertiary/aromatic N) is 3. The number of piperidine rings is 1. The summed E-state index contributed by atoms with van der Waals surface area (Å²) in [6.45, 7) is 6.27. The molecule has 1 aliphatic rings. The number of hydrogen-bond donors (Lipinski definition) is 0. The van der Waals surface area contributed by atoms with Gasteiger partial charge in [0.05, 0.1) is 5.02 Å². The molecule has 26 heavy (non-hydrogen) atoms. The number of hydrogen-bond acceptors (Lipinski definition) is 4. The summed E-state index contributed by atoms with van der Waals surface area (Å²) in [5.74, 6) is -0.181. The summed E-state index contributed by atoms with van der Waals surface area (Å²) < 4.78 is 25.9. The molecule has 146 valence electrons. The first kappa shape index (κ1) is 21.2. The van der Waals surface area contributed by atoms with Crippen LogP contribution in [0.15, 0.2) is 23.1 Å². The van der Waals surface area contributed by atoms with E-state index in [1.165, 1.54) is 26.2 Å². The Kier molecular flexibility index (Phi) is 6.71. The number of likely N-dealkylation sites (tertiary alicyclic amines) is 1. The number of sulfonamides is 1. The summed E-state index contributed by atoms with van der Waals surface area (Å²) in [4.78, 5) is 17.0. The first-order valence-electron chi connectivity index (χ1n) is 8.79. The average molecular weight is 402 g/mol. The summed E-state index contributed by atoms with van der Waals surface area (Å²) in [5, 5.41) is 0.114. The third-order valence-corrected chi connectivity index (χ3v) is 7.33. The van der Waals surface area contributed by atoms with Gasteiger partial charge in [0.25, 0.3) is 5.91 Å². The van der Waals surface area contributed by atoms with Crippen molar-refractivity contribution in [2.75, 3.05) is 34.2 Å². The van der Waals surface area contributed by atoms with E-state index < -0.39 is 10.0 Å². The quantitative estimate of drug-likeness (QED) is 0.760. The molecule has 8 heteroatoms. The highest BCUT2D eigenvalue weighted by Crippen LogP contribution is 2.26. The van der Waals surface area contributed by atoms with Gasteiger partial charge in [-0.05, 0) is 44.9 Å². The summed E-state index contributed by atoms with van der Waals surface area (Å²) >= 11 is 6.07. The lowest BCUT2D eigenvalue weighted by molar-refractivity contribution is 0.0615. The molecule has 0 radical (unpaired) electrons. The molecule has 0 atom stereocenters. The number of rotatable bonds is 5. The van der Waals surface area contributed by atoms with E-state index in [0.717, 1.165) is 30.2 Å². The second-order valence-electron chi connectivity index (χ2n) is 7.21. The van der Waals surface area contributed by atoms with Gasteiger partial charge in [-0.25, -0.2) is 12.7 Å². The Labute approximate surface area is 161 Å². The van der Waals surface area contributed by atoms with Gasteiger partial charge in [0.15, 0.2) is 0 Å². The molecule has 1 saturated heterocycles. The molecule has 1 fully saturated rings. The van der Waals surface area contributed by atoms with Crippen LogP contribution < -0.4 is 0 Å². The molecular weight excluding hydrogens is 374 g/mol. The van der Waals surface area contributed by atoms with Crippen LogP contribution in [0.2, 0.25) is 5.02 Å². The molecule has 0 unspecified atom stereocenters. The molecule has 0 bridgehead atoms. The maximum atomic E-state index is 12.9. The Morgan fingerprint density at radius 1 is 1.19 bits per heavy atom. The van der Waals surface area contributed by atoms with Gasteiger partial charge in [-0.1, -0.05) is 11.6 Å². The highest BCUT2D eigenvalue weighted by atomic mass is 35.5. The highest BCUT2D eigenvalue weighted by Gasteiger charge is 2.28. The predicted molar refractivity (Wildman–Crippen MR) is 104 cm³/mol. The number of halogens is 1. The van der Waals surface area contributed by atoms with Gasteiger partial charge in [-0.2, -0.15) is 0 Å². The Balaban J connectivity index is 2.20. The van der Waals surface area contributed by atoms with Gasteiger partial charge < -0.3 is 9.80 Å². The van der Waals surface area contributed by atoms with Crippen molar-refractivity contribution >= 4 is 27.5 Å². The van der Waals surface area contributed by atoms with Gasteiger partial charge in [0, 0.05) is 51.9 Å². The van der Waals surface area contributed by atoms with Crippen molar-refractivity contribution in [3.8, 4) is 0 Å². The molecule has 0 N–H and O–H groups in total. The van der Waals surface area contributed by atoms with E-state index in [1.54, 1.807) is 18.0 Å². The maximum Gasteiger partial charge on any atom is 0.253 e. The largest absolute Gasteiger partial charge is 0.339 e. The zero-order chi connectivity index (χ0) is 19.6. The van der Waals surface area contributed by atoms with Crippen LogP contribution in [0.1, 0.15) is 37.0 Å². The van der Waals surface area contributed by atoms with E-state index in [1.807, 2.05) is 0 Å². The molecular formula is C18H28ClN3O3S. The van der Waals surface area contributed by atoms with Crippen LogP contribution in [0.25, 0.3) is 0 Å². The van der Waals surface area contributed by atoms with Crippen LogP contribution in [-0.2, 0) is 10.0 Å². The minimum Gasteiger partial charge on any atom is -0.339 e. The van der Waals surface area contributed by atoms with Gasteiger partial charge in [0.1, 0.15) is 4.90 Å². The third-order valence-electron chi connectivity index (χ3n) is 5.03. The fourth-order valence-electron chi connectivity index (χ4n) is 3.19. The highest BCUT2D eigenvalue weighted by molar-refractivity contribution is 7.89. The SMILES string of the molecule is CC(C)N1CCC(N(C)C(=O)c2ccc(Cl)c(S(=O)(=O)N(C)C)c2)CC1. The first-order valence-corrected chi connectivity index (χ1v) is 10.6. The zero-order valence-corrected chi connectivity index (χ0v) is 17.6. The molecule has 1 heterocycles. The normalized spacial score (nSPS) is 17.1. The van der Waals surface area contributed by atoms with Crippen molar-refractivity contribution in [3.63, 3.8) is 0 Å². The lowest BCUT2D eigenvalue weighted by Crippen LogP contribution is -2.47. The lowest BCUT2D eigenvalue weighted by atomic mass is 10.0. The molecule has 0 aromatic heterocycles. The number of carbonyl (C=O) groups excluding carboxylic acids is 1. The summed E-state index contributed by atoms with van der Waals surface area (Å²) in [5.41, 5.74) is 0.337. The number of carbonyl (C=O) groups is 1. The van der Waals surface area contributed by atoms with Crippen LogP contribution in [0.5, 0.6) is 0 Å². The Morgan fingerprint density at radius 2 is 1.77 bits per heavy atom. The minimum absolute atomic E-state index is 0.0435. The topological polar surface area (TPSA) is 60.9 Å². The van der Waals surface area contributed by atoms with Crippen LogP contribution in [0, 0.1) is 0 Å². The molecule has 2 rings (SSSR count). The van der Waals surface area contributed by atoms with Crippen LogP contribution >= 0.6 is 11.6 Å². The molecule has 1 aromatic rings. The second-order valence-corrected chi connectivity index (χ2v) is 9.74. The van der Waals surface area contributed by atoms with E-state index in [-0.39, 0.29) is 21.9 Å². The fourth-order valence-corrected chi connectivity index (χ4v) is 4.58. The van der Waals surface area contributed by atoms with E-state index in [4.69, 9.17) is 11.6 Å². The molecule has 0 saturated carbocycles. The first-order chi connectivity index (χ1) is 12.1. The van der Waals surface area contributed by atoms with Crippen LogP contribution in [-0.4, -0.2) is 74.7 Å². The zero-order valence-electron chi connectivity index (χ0n) is 16.1. The second kappa shape index (κ2) is 8.25. The third kappa shape index (κ3) is 4.39. The van der Waals surface area contributed by atoms with Crippen molar-refractivity contribution in [3.05, 3.63) is 28.8 Å². The van der Waals surface area contributed by atoms with Gasteiger partial charge in [-0.3, -0.25) is 4.79 Å².